The van der Waals surface area contributed by atoms with Gasteiger partial charge in [-0.05, 0) is 11.6 Å². The van der Waals surface area contributed by atoms with Crippen LogP contribution in [0.2, 0.25) is 0 Å². The molecule has 0 aliphatic carbocycles. The minimum atomic E-state index is 0. The van der Waals surface area contributed by atoms with Crippen molar-refractivity contribution in [3.63, 3.8) is 0 Å². The molecule has 21 heavy (non-hydrogen) atoms. The van der Waals surface area contributed by atoms with Gasteiger partial charge in [0.2, 0.25) is 0 Å². The summed E-state index contributed by atoms with van der Waals surface area (Å²) >= 11 is 0. The van der Waals surface area contributed by atoms with Gasteiger partial charge in [0.25, 0.3) is 0 Å². The van der Waals surface area contributed by atoms with E-state index in [1.165, 1.54) is 6.33 Å². The highest BCUT2D eigenvalue weighted by molar-refractivity contribution is 5.85. The van der Waals surface area contributed by atoms with Crippen LogP contribution in [0.25, 0.3) is 10.9 Å². The van der Waals surface area contributed by atoms with Crippen LogP contribution in [-0.4, -0.2) is 17.1 Å². The lowest BCUT2D eigenvalue weighted by Crippen LogP contribution is -1.98. The Morgan fingerprint density at radius 3 is 2.62 bits per heavy atom. The fourth-order valence-electron chi connectivity index (χ4n) is 2.00. The summed E-state index contributed by atoms with van der Waals surface area (Å²) in [6, 6.07) is 13.8. The van der Waals surface area contributed by atoms with E-state index in [0.29, 0.717) is 18.1 Å². The van der Waals surface area contributed by atoms with Crippen molar-refractivity contribution in [3.05, 3.63) is 60.6 Å². The van der Waals surface area contributed by atoms with Crippen LogP contribution in [0.15, 0.2) is 55.0 Å². The van der Waals surface area contributed by atoms with Crippen LogP contribution in [0.3, 0.4) is 0 Å². The average Bonchev–Trinajstić information content (AvgIpc) is 2.53. The average molecular weight is 303 g/mol. The zero-order valence-corrected chi connectivity index (χ0v) is 12.3. The highest BCUT2D eigenvalue weighted by Gasteiger charge is 2.08. The third-order valence-electron chi connectivity index (χ3n) is 3.03. The van der Waals surface area contributed by atoms with E-state index in [9.17, 15) is 0 Å². The topological polar surface area (TPSA) is 44.2 Å². The van der Waals surface area contributed by atoms with Gasteiger partial charge < -0.3 is 9.47 Å². The van der Waals surface area contributed by atoms with Crippen molar-refractivity contribution < 1.29 is 9.47 Å². The summed E-state index contributed by atoms with van der Waals surface area (Å²) in [5.41, 5.74) is 1.95. The summed E-state index contributed by atoms with van der Waals surface area (Å²) in [6.07, 6.45) is 3.28. The normalized spacial score (nSPS) is 9.95. The smallest absolute Gasteiger partial charge is 0.162 e. The number of halogens is 1. The van der Waals surface area contributed by atoms with Gasteiger partial charge in [0.1, 0.15) is 12.9 Å². The molecule has 0 unspecified atom stereocenters. The fraction of sp³-hybridized carbons (Fsp3) is 0.125. The Balaban J connectivity index is 0.00000161. The summed E-state index contributed by atoms with van der Waals surface area (Å²) < 4.78 is 11.2. The number of hydrogen-bond acceptors (Lipinski definition) is 4. The van der Waals surface area contributed by atoms with Crippen LogP contribution >= 0.6 is 12.4 Å². The van der Waals surface area contributed by atoms with Crippen LogP contribution in [0.1, 0.15) is 5.56 Å². The second-order valence-corrected chi connectivity index (χ2v) is 4.36. The van der Waals surface area contributed by atoms with E-state index in [2.05, 4.69) is 9.97 Å². The third-order valence-corrected chi connectivity index (χ3v) is 3.03. The van der Waals surface area contributed by atoms with Gasteiger partial charge >= 0.3 is 0 Å². The molecule has 1 aromatic heterocycles. The van der Waals surface area contributed by atoms with Crippen molar-refractivity contribution in [2.45, 2.75) is 6.61 Å². The van der Waals surface area contributed by atoms with E-state index in [-0.39, 0.29) is 12.4 Å². The molecular weight excluding hydrogens is 288 g/mol. The molecule has 0 radical (unpaired) electrons. The number of ether oxygens (including phenoxy) is 2. The first-order valence-electron chi connectivity index (χ1n) is 6.31. The van der Waals surface area contributed by atoms with Gasteiger partial charge in [-0.2, -0.15) is 0 Å². The van der Waals surface area contributed by atoms with Crippen LogP contribution in [0, 0.1) is 0 Å². The van der Waals surface area contributed by atoms with Gasteiger partial charge in [0.15, 0.2) is 11.5 Å². The molecule has 0 N–H and O–H groups in total. The summed E-state index contributed by atoms with van der Waals surface area (Å²) in [5, 5.41) is 0.927. The predicted molar refractivity (Wildman–Crippen MR) is 84.1 cm³/mol. The van der Waals surface area contributed by atoms with Crippen molar-refractivity contribution in [3.8, 4) is 11.5 Å². The Bertz CT molecular complexity index is 720. The molecule has 0 aliphatic rings. The maximum absolute atomic E-state index is 5.84. The Morgan fingerprint density at radius 2 is 1.86 bits per heavy atom. The molecule has 0 bridgehead atoms. The SMILES string of the molecule is COc1cc2ncncc2cc1OCc1ccccc1.Cl. The largest absolute Gasteiger partial charge is 0.493 e. The Kier molecular flexibility index (Phi) is 4.95. The van der Waals surface area contributed by atoms with E-state index < -0.39 is 0 Å². The van der Waals surface area contributed by atoms with Gasteiger partial charge in [-0.3, -0.25) is 0 Å². The van der Waals surface area contributed by atoms with E-state index >= 15 is 0 Å². The number of aromatic nitrogens is 2. The number of benzene rings is 2. The predicted octanol–water partition coefficient (Wildman–Crippen LogP) is 3.64. The van der Waals surface area contributed by atoms with Crippen molar-refractivity contribution in [1.29, 1.82) is 0 Å². The second kappa shape index (κ2) is 6.90. The van der Waals surface area contributed by atoms with Crippen LogP contribution in [0.5, 0.6) is 11.5 Å². The number of fused-ring (bicyclic) bond motifs is 1. The first-order chi connectivity index (χ1) is 9.86. The van der Waals surface area contributed by atoms with Crippen molar-refractivity contribution in [2.24, 2.45) is 0 Å². The Hall–Kier alpha value is -2.33. The van der Waals surface area contributed by atoms with Crippen molar-refractivity contribution in [2.75, 3.05) is 7.11 Å². The lowest BCUT2D eigenvalue weighted by Gasteiger charge is -2.11. The van der Waals surface area contributed by atoms with E-state index in [0.717, 1.165) is 16.5 Å². The second-order valence-electron chi connectivity index (χ2n) is 4.36. The standard InChI is InChI=1S/C16H14N2O2.ClH/c1-19-15-8-14-13(9-17-11-18-14)7-16(15)20-10-12-5-3-2-4-6-12;/h2-9,11H,10H2,1H3;1H. The Labute approximate surface area is 129 Å². The molecule has 2 aromatic carbocycles. The minimum Gasteiger partial charge on any atom is -0.493 e. The molecule has 0 saturated heterocycles. The molecule has 108 valence electrons. The lowest BCUT2D eigenvalue weighted by molar-refractivity contribution is 0.285. The molecule has 4 nitrogen and oxygen atoms in total. The van der Waals surface area contributed by atoms with Gasteiger partial charge in [-0.15, -0.1) is 12.4 Å². The molecular formula is C16H15ClN2O2. The Morgan fingerprint density at radius 1 is 1.05 bits per heavy atom. The maximum atomic E-state index is 5.84. The molecule has 1 heterocycles. The summed E-state index contributed by atoms with van der Waals surface area (Å²) in [4.78, 5) is 8.22. The molecule has 3 aromatic rings. The van der Waals surface area contributed by atoms with Crippen LogP contribution in [0.4, 0.5) is 0 Å². The summed E-state index contributed by atoms with van der Waals surface area (Å²) in [7, 11) is 1.62. The molecule has 0 fully saturated rings. The zero-order chi connectivity index (χ0) is 13.8. The molecule has 5 heteroatoms. The first kappa shape index (κ1) is 15.1. The number of methoxy groups -OCH3 is 1. The monoisotopic (exact) mass is 302 g/mol. The molecule has 3 rings (SSSR count). The van der Waals surface area contributed by atoms with Gasteiger partial charge in [-0.1, -0.05) is 30.3 Å². The van der Waals surface area contributed by atoms with Crippen LogP contribution < -0.4 is 9.47 Å². The highest BCUT2D eigenvalue weighted by atomic mass is 35.5. The molecule has 0 atom stereocenters. The maximum Gasteiger partial charge on any atom is 0.162 e. The fourth-order valence-corrected chi connectivity index (χ4v) is 2.00. The van der Waals surface area contributed by atoms with E-state index in [4.69, 9.17) is 9.47 Å². The molecule has 0 aliphatic heterocycles. The van der Waals surface area contributed by atoms with Gasteiger partial charge in [0.05, 0.1) is 12.6 Å². The van der Waals surface area contributed by atoms with Gasteiger partial charge in [0, 0.05) is 17.6 Å². The molecule has 0 saturated carbocycles. The highest BCUT2D eigenvalue weighted by Crippen LogP contribution is 2.31. The lowest BCUT2D eigenvalue weighted by atomic mass is 10.2. The minimum absolute atomic E-state index is 0. The van der Waals surface area contributed by atoms with Gasteiger partial charge in [-0.25, -0.2) is 9.97 Å². The zero-order valence-electron chi connectivity index (χ0n) is 11.5. The number of nitrogens with zero attached hydrogens (tertiary/aromatic N) is 2. The number of rotatable bonds is 4. The first-order valence-corrected chi connectivity index (χ1v) is 6.31. The summed E-state index contributed by atoms with van der Waals surface area (Å²) in [6.45, 7) is 0.496. The summed E-state index contributed by atoms with van der Waals surface area (Å²) in [5.74, 6) is 1.37. The quantitative estimate of drug-likeness (QED) is 0.738. The van der Waals surface area contributed by atoms with Crippen LogP contribution in [-0.2, 0) is 6.61 Å². The third kappa shape index (κ3) is 3.41. The van der Waals surface area contributed by atoms with Crippen molar-refractivity contribution >= 4 is 23.3 Å². The molecule has 0 amide bonds. The van der Waals surface area contributed by atoms with E-state index in [1.54, 1.807) is 13.3 Å². The molecule has 0 spiro atoms. The van der Waals surface area contributed by atoms with Crippen molar-refractivity contribution in [1.82, 2.24) is 9.97 Å². The van der Waals surface area contributed by atoms with E-state index in [1.807, 2.05) is 42.5 Å². The number of hydrogen-bond donors (Lipinski definition) is 0.